The third-order valence-electron chi connectivity index (χ3n) is 4.48. The van der Waals surface area contributed by atoms with E-state index in [1.54, 1.807) is 0 Å². The number of fused-ring (bicyclic) bond motifs is 1. The minimum absolute atomic E-state index is 0.121. The predicted octanol–water partition coefficient (Wildman–Crippen LogP) is 2.35. The van der Waals surface area contributed by atoms with Gasteiger partial charge in [0.1, 0.15) is 0 Å². The van der Waals surface area contributed by atoms with Gasteiger partial charge in [0.2, 0.25) is 0 Å². The zero-order valence-electron chi connectivity index (χ0n) is 13.9. The highest BCUT2D eigenvalue weighted by Crippen LogP contribution is 2.20. The molecule has 124 valence electrons. The molecule has 5 nitrogen and oxygen atoms in total. The standard InChI is InChI=1S/C18H25N3O2/c1-20(2)9-10-21(16-6-11-23-12-7-16)18(22)15-4-3-14-5-8-19-17(14)13-15/h3-5,8,13,16,19H,6-7,9-12H2,1-2H3. The van der Waals surface area contributed by atoms with Gasteiger partial charge in [-0.1, -0.05) is 6.07 Å². The second-order valence-corrected chi connectivity index (χ2v) is 6.43. The van der Waals surface area contributed by atoms with Gasteiger partial charge in [-0.2, -0.15) is 0 Å². The topological polar surface area (TPSA) is 48.6 Å². The van der Waals surface area contributed by atoms with Gasteiger partial charge >= 0.3 is 0 Å². The maximum absolute atomic E-state index is 13.1. The third kappa shape index (κ3) is 3.74. The van der Waals surface area contributed by atoms with Crippen molar-refractivity contribution in [1.29, 1.82) is 0 Å². The predicted molar refractivity (Wildman–Crippen MR) is 91.7 cm³/mol. The molecule has 5 heteroatoms. The number of rotatable bonds is 5. The lowest BCUT2D eigenvalue weighted by Crippen LogP contribution is -2.46. The van der Waals surface area contributed by atoms with E-state index < -0.39 is 0 Å². The van der Waals surface area contributed by atoms with Crippen LogP contribution in [-0.4, -0.2) is 67.1 Å². The largest absolute Gasteiger partial charge is 0.381 e. The smallest absolute Gasteiger partial charge is 0.254 e. The molecule has 0 spiro atoms. The van der Waals surface area contributed by atoms with Gasteiger partial charge in [-0.25, -0.2) is 0 Å². The van der Waals surface area contributed by atoms with E-state index in [1.165, 1.54) is 0 Å². The molecule has 1 aromatic heterocycles. The fourth-order valence-corrected chi connectivity index (χ4v) is 3.10. The van der Waals surface area contributed by atoms with Crippen molar-refractivity contribution in [2.24, 2.45) is 0 Å². The summed E-state index contributed by atoms with van der Waals surface area (Å²) in [5.74, 6) is 0.121. The molecular formula is C18H25N3O2. The number of hydrogen-bond acceptors (Lipinski definition) is 3. The molecular weight excluding hydrogens is 290 g/mol. The Balaban J connectivity index is 1.82. The molecule has 1 fully saturated rings. The second-order valence-electron chi connectivity index (χ2n) is 6.43. The number of ether oxygens (including phenoxy) is 1. The van der Waals surface area contributed by atoms with Crippen LogP contribution >= 0.6 is 0 Å². The van der Waals surface area contributed by atoms with E-state index in [1.807, 2.05) is 49.5 Å². The molecule has 1 saturated heterocycles. The van der Waals surface area contributed by atoms with E-state index in [2.05, 4.69) is 9.88 Å². The number of carbonyl (C=O) groups excluding carboxylic acids is 1. The van der Waals surface area contributed by atoms with Crippen LogP contribution in [0.3, 0.4) is 0 Å². The summed E-state index contributed by atoms with van der Waals surface area (Å²) in [5, 5.41) is 1.13. The van der Waals surface area contributed by atoms with Gasteiger partial charge in [0.05, 0.1) is 0 Å². The van der Waals surface area contributed by atoms with Crippen LogP contribution in [0.1, 0.15) is 23.2 Å². The first-order chi connectivity index (χ1) is 11.1. The van der Waals surface area contributed by atoms with Crippen LogP contribution in [0.2, 0.25) is 0 Å². The summed E-state index contributed by atoms with van der Waals surface area (Å²) in [4.78, 5) is 20.4. The first-order valence-corrected chi connectivity index (χ1v) is 8.26. The SMILES string of the molecule is CN(C)CCN(C(=O)c1ccc2cc[nH]c2c1)C1CCOCC1. The van der Waals surface area contributed by atoms with Crippen molar-refractivity contribution in [3.8, 4) is 0 Å². The minimum Gasteiger partial charge on any atom is -0.381 e. The molecule has 1 aliphatic heterocycles. The van der Waals surface area contributed by atoms with E-state index in [-0.39, 0.29) is 11.9 Å². The van der Waals surface area contributed by atoms with Crippen LogP contribution < -0.4 is 0 Å². The number of carbonyl (C=O) groups is 1. The Labute approximate surface area is 137 Å². The quantitative estimate of drug-likeness (QED) is 0.921. The van der Waals surface area contributed by atoms with Gasteiger partial charge < -0.3 is 19.5 Å². The van der Waals surface area contributed by atoms with Crippen LogP contribution in [0.15, 0.2) is 30.5 Å². The monoisotopic (exact) mass is 315 g/mol. The van der Waals surface area contributed by atoms with Crippen molar-refractivity contribution < 1.29 is 9.53 Å². The molecule has 0 atom stereocenters. The fourth-order valence-electron chi connectivity index (χ4n) is 3.10. The molecule has 1 aliphatic rings. The molecule has 0 saturated carbocycles. The zero-order chi connectivity index (χ0) is 16.2. The highest BCUT2D eigenvalue weighted by atomic mass is 16.5. The summed E-state index contributed by atoms with van der Waals surface area (Å²) in [6.07, 6.45) is 3.75. The summed E-state index contributed by atoms with van der Waals surface area (Å²) < 4.78 is 5.45. The highest BCUT2D eigenvalue weighted by Gasteiger charge is 2.26. The number of aromatic nitrogens is 1. The molecule has 3 rings (SSSR count). The zero-order valence-corrected chi connectivity index (χ0v) is 13.9. The van der Waals surface area contributed by atoms with E-state index in [0.717, 1.165) is 55.6 Å². The van der Waals surface area contributed by atoms with Gasteiger partial charge in [-0.15, -0.1) is 0 Å². The normalized spacial score (nSPS) is 16.1. The summed E-state index contributed by atoms with van der Waals surface area (Å²) in [6.45, 7) is 3.10. The number of nitrogens with one attached hydrogen (secondary N) is 1. The lowest BCUT2D eigenvalue weighted by Gasteiger charge is -2.35. The first-order valence-electron chi connectivity index (χ1n) is 8.26. The third-order valence-corrected chi connectivity index (χ3v) is 4.48. The molecule has 2 aromatic rings. The van der Waals surface area contributed by atoms with Crippen molar-refractivity contribution >= 4 is 16.8 Å². The number of nitrogens with zero attached hydrogens (tertiary/aromatic N) is 2. The van der Waals surface area contributed by atoms with Gasteiger partial charge in [-0.3, -0.25) is 4.79 Å². The Morgan fingerprint density at radius 1 is 1.22 bits per heavy atom. The van der Waals surface area contributed by atoms with Crippen LogP contribution in [0.25, 0.3) is 10.9 Å². The van der Waals surface area contributed by atoms with Crippen LogP contribution in [0.5, 0.6) is 0 Å². The summed E-state index contributed by atoms with van der Waals surface area (Å²) >= 11 is 0. The summed E-state index contributed by atoms with van der Waals surface area (Å²) in [7, 11) is 4.08. The Morgan fingerprint density at radius 2 is 2.00 bits per heavy atom. The van der Waals surface area contributed by atoms with Crippen molar-refractivity contribution in [3.05, 3.63) is 36.0 Å². The summed E-state index contributed by atoms with van der Waals surface area (Å²) in [5.41, 5.74) is 1.76. The lowest BCUT2D eigenvalue weighted by atomic mass is 10.0. The van der Waals surface area contributed by atoms with Crippen molar-refractivity contribution in [1.82, 2.24) is 14.8 Å². The van der Waals surface area contributed by atoms with Gasteiger partial charge in [0.15, 0.2) is 0 Å². The Hall–Kier alpha value is -1.85. The fraction of sp³-hybridized carbons (Fsp3) is 0.500. The van der Waals surface area contributed by atoms with Gasteiger partial charge in [0, 0.05) is 49.6 Å². The number of hydrogen-bond donors (Lipinski definition) is 1. The van der Waals surface area contributed by atoms with Crippen molar-refractivity contribution in [2.45, 2.75) is 18.9 Å². The lowest BCUT2D eigenvalue weighted by molar-refractivity contribution is 0.0276. The van der Waals surface area contributed by atoms with Gasteiger partial charge in [-0.05, 0) is 50.5 Å². The average molecular weight is 315 g/mol. The van der Waals surface area contributed by atoms with Crippen LogP contribution in [-0.2, 0) is 4.74 Å². The average Bonchev–Trinajstić information content (AvgIpc) is 3.03. The molecule has 1 aromatic carbocycles. The Bertz CT molecular complexity index is 659. The number of H-pyrrole nitrogens is 1. The van der Waals surface area contributed by atoms with E-state index in [4.69, 9.17) is 4.74 Å². The molecule has 0 radical (unpaired) electrons. The van der Waals surface area contributed by atoms with Crippen molar-refractivity contribution in [3.63, 3.8) is 0 Å². The highest BCUT2D eigenvalue weighted by molar-refractivity contribution is 5.98. The molecule has 2 heterocycles. The Morgan fingerprint density at radius 3 is 2.74 bits per heavy atom. The van der Waals surface area contributed by atoms with E-state index in [9.17, 15) is 4.79 Å². The van der Waals surface area contributed by atoms with Gasteiger partial charge in [0.25, 0.3) is 5.91 Å². The maximum Gasteiger partial charge on any atom is 0.254 e. The second kappa shape index (κ2) is 7.15. The number of likely N-dealkylation sites (N-methyl/N-ethyl adjacent to an activating group) is 1. The molecule has 0 unspecified atom stereocenters. The molecule has 0 aliphatic carbocycles. The maximum atomic E-state index is 13.1. The van der Waals surface area contributed by atoms with Crippen molar-refractivity contribution in [2.75, 3.05) is 40.4 Å². The summed E-state index contributed by atoms with van der Waals surface area (Å²) in [6, 6.07) is 8.19. The van der Waals surface area contributed by atoms with E-state index >= 15 is 0 Å². The molecule has 0 bridgehead atoms. The molecule has 1 amide bonds. The first kappa shape index (κ1) is 16.0. The molecule has 1 N–H and O–H groups in total. The number of amides is 1. The molecule has 23 heavy (non-hydrogen) atoms. The number of aromatic amines is 1. The number of benzene rings is 1. The van der Waals surface area contributed by atoms with Crippen LogP contribution in [0, 0.1) is 0 Å². The van der Waals surface area contributed by atoms with E-state index in [0.29, 0.717) is 0 Å². The minimum atomic E-state index is 0.121. The Kier molecular flexibility index (Phi) is 4.98. The van der Waals surface area contributed by atoms with Crippen LogP contribution in [0.4, 0.5) is 0 Å².